The number of halogens is 4. The molecular weight excluding hydrogens is 292 g/mol. The first-order valence-electron chi connectivity index (χ1n) is 5.95. The van der Waals surface area contributed by atoms with Gasteiger partial charge in [0.2, 0.25) is 0 Å². The maximum Gasteiger partial charge on any atom is 0.417 e. The van der Waals surface area contributed by atoms with E-state index in [1.807, 2.05) is 6.92 Å². The Morgan fingerprint density at radius 3 is 2.60 bits per heavy atom. The van der Waals surface area contributed by atoms with E-state index in [2.05, 4.69) is 4.98 Å². The molecule has 2 rings (SSSR count). The van der Waals surface area contributed by atoms with Crippen molar-refractivity contribution < 1.29 is 17.6 Å². The van der Waals surface area contributed by atoms with Gasteiger partial charge in [0, 0.05) is 5.56 Å². The highest BCUT2D eigenvalue weighted by molar-refractivity contribution is 7.16. The third-order valence-electron chi connectivity index (χ3n) is 2.70. The largest absolute Gasteiger partial charge is 0.417 e. The molecular formula is C13H12F4N2S. The number of nitrogens with two attached hydrogens (primary N) is 1. The molecule has 0 spiro atoms. The minimum absolute atomic E-state index is 0.0748. The van der Waals surface area contributed by atoms with Crippen molar-refractivity contribution >= 4 is 16.3 Å². The Kier molecular flexibility index (Phi) is 3.99. The Labute approximate surface area is 117 Å². The van der Waals surface area contributed by atoms with Gasteiger partial charge in [0.25, 0.3) is 0 Å². The fourth-order valence-corrected chi connectivity index (χ4v) is 2.80. The van der Waals surface area contributed by atoms with Crippen LogP contribution in [0.2, 0.25) is 0 Å². The molecule has 0 saturated heterocycles. The fraction of sp³-hybridized carbons (Fsp3) is 0.308. The number of thiazole rings is 1. The monoisotopic (exact) mass is 304 g/mol. The van der Waals surface area contributed by atoms with Gasteiger partial charge in [0.15, 0.2) is 0 Å². The number of anilines is 1. The zero-order valence-electron chi connectivity index (χ0n) is 10.6. The normalized spacial score (nSPS) is 11.8. The zero-order valence-corrected chi connectivity index (χ0v) is 11.4. The van der Waals surface area contributed by atoms with E-state index in [4.69, 9.17) is 5.73 Å². The molecule has 20 heavy (non-hydrogen) atoms. The number of hydrogen-bond donors (Lipinski definition) is 1. The molecule has 0 saturated carbocycles. The van der Waals surface area contributed by atoms with Gasteiger partial charge in [-0.2, -0.15) is 13.2 Å². The highest BCUT2D eigenvalue weighted by Crippen LogP contribution is 2.40. The smallest absolute Gasteiger partial charge is 0.389 e. The van der Waals surface area contributed by atoms with Crippen LogP contribution in [-0.4, -0.2) is 4.98 Å². The van der Waals surface area contributed by atoms with Crippen LogP contribution in [0.1, 0.15) is 23.9 Å². The van der Waals surface area contributed by atoms with Gasteiger partial charge in [-0.05, 0) is 31.0 Å². The Hall–Kier alpha value is -1.63. The molecule has 0 aliphatic rings. The lowest BCUT2D eigenvalue weighted by Crippen LogP contribution is -2.08. The second-order valence-corrected chi connectivity index (χ2v) is 5.37. The molecule has 0 fully saturated rings. The number of nitrogen functional groups attached to an aromatic ring is 1. The predicted molar refractivity (Wildman–Crippen MR) is 70.9 cm³/mol. The molecule has 0 bridgehead atoms. The van der Waals surface area contributed by atoms with E-state index in [0.29, 0.717) is 17.5 Å². The van der Waals surface area contributed by atoms with Gasteiger partial charge in [0.05, 0.1) is 10.6 Å². The number of rotatable bonds is 3. The van der Waals surface area contributed by atoms with Crippen molar-refractivity contribution in [3.63, 3.8) is 0 Å². The van der Waals surface area contributed by atoms with Crippen LogP contribution in [0.3, 0.4) is 0 Å². The number of aromatic nitrogens is 1. The van der Waals surface area contributed by atoms with E-state index >= 15 is 0 Å². The van der Waals surface area contributed by atoms with Gasteiger partial charge < -0.3 is 5.73 Å². The van der Waals surface area contributed by atoms with Crippen molar-refractivity contribution in [2.45, 2.75) is 25.9 Å². The highest BCUT2D eigenvalue weighted by Gasteiger charge is 2.35. The topological polar surface area (TPSA) is 38.9 Å². The van der Waals surface area contributed by atoms with E-state index in [1.165, 1.54) is 0 Å². The van der Waals surface area contributed by atoms with Gasteiger partial charge in [-0.25, -0.2) is 9.37 Å². The minimum atomic E-state index is -4.65. The third-order valence-corrected chi connectivity index (χ3v) is 3.65. The van der Waals surface area contributed by atoms with Gasteiger partial charge in [-0.15, -0.1) is 11.3 Å². The Morgan fingerprint density at radius 1 is 1.30 bits per heavy atom. The molecule has 0 radical (unpaired) electrons. The summed E-state index contributed by atoms with van der Waals surface area (Å²) in [6.07, 6.45) is -3.18. The first-order valence-corrected chi connectivity index (χ1v) is 6.77. The zero-order chi connectivity index (χ0) is 14.9. The van der Waals surface area contributed by atoms with Crippen LogP contribution in [0, 0.1) is 5.82 Å². The quantitative estimate of drug-likeness (QED) is 0.848. The molecule has 0 aliphatic carbocycles. The summed E-state index contributed by atoms with van der Waals surface area (Å²) in [5, 5.41) is 0.892. The number of hydrogen-bond acceptors (Lipinski definition) is 3. The second-order valence-electron chi connectivity index (χ2n) is 4.26. The van der Waals surface area contributed by atoms with Crippen LogP contribution in [-0.2, 0) is 12.6 Å². The summed E-state index contributed by atoms with van der Waals surface area (Å²) >= 11 is 1.16. The number of nitrogens with zero attached hydrogens (tertiary/aromatic N) is 1. The lowest BCUT2D eigenvalue weighted by atomic mass is 10.0. The fourth-order valence-electron chi connectivity index (χ4n) is 1.85. The summed E-state index contributed by atoms with van der Waals surface area (Å²) in [6, 6.07) is 2.51. The van der Waals surface area contributed by atoms with Gasteiger partial charge in [-0.1, -0.05) is 6.92 Å². The Balaban J connectivity index is 2.58. The average molecular weight is 304 g/mol. The Morgan fingerprint density at radius 2 is 2.00 bits per heavy atom. The van der Waals surface area contributed by atoms with Gasteiger partial charge in [-0.3, -0.25) is 0 Å². The van der Waals surface area contributed by atoms with Crippen LogP contribution in [0.5, 0.6) is 0 Å². The molecule has 108 valence electrons. The summed E-state index contributed by atoms with van der Waals surface area (Å²) in [5.41, 5.74) is 4.58. The van der Waals surface area contributed by atoms with Gasteiger partial charge in [0.1, 0.15) is 16.5 Å². The van der Waals surface area contributed by atoms with Crippen LogP contribution in [0.15, 0.2) is 18.2 Å². The van der Waals surface area contributed by atoms with E-state index < -0.39 is 17.6 Å². The molecule has 2 N–H and O–H groups in total. The standard InChI is InChI=1S/C13H12F4N2S/c1-2-3-10-19-11(12(18)20-10)8-5-4-7(14)6-9(8)13(15,16)17/h4-6H,2-3,18H2,1H3. The molecule has 0 atom stereocenters. The molecule has 1 aromatic heterocycles. The molecule has 1 aromatic carbocycles. The van der Waals surface area contributed by atoms with Crippen molar-refractivity contribution in [1.29, 1.82) is 0 Å². The summed E-state index contributed by atoms with van der Waals surface area (Å²) in [4.78, 5) is 4.14. The van der Waals surface area contributed by atoms with E-state index in [0.717, 1.165) is 29.9 Å². The minimum Gasteiger partial charge on any atom is -0.389 e. The third kappa shape index (κ3) is 2.92. The van der Waals surface area contributed by atoms with E-state index in [1.54, 1.807) is 0 Å². The lowest BCUT2D eigenvalue weighted by molar-refractivity contribution is -0.137. The van der Waals surface area contributed by atoms with E-state index in [-0.39, 0.29) is 16.3 Å². The molecule has 2 aromatic rings. The maximum absolute atomic E-state index is 13.1. The number of aryl methyl sites for hydroxylation is 1. The van der Waals surface area contributed by atoms with Crippen molar-refractivity contribution in [3.8, 4) is 11.3 Å². The summed E-state index contributed by atoms with van der Waals surface area (Å²) in [5.74, 6) is -0.941. The first-order chi connectivity index (χ1) is 9.32. The van der Waals surface area contributed by atoms with Crippen LogP contribution >= 0.6 is 11.3 Å². The first kappa shape index (κ1) is 14.8. The van der Waals surface area contributed by atoms with E-state index in [9.17, 15) is 17.6 Å². The van der Waals surface area contributed by atoms with Crippen LogP contribution < -0.4 is 5.73 Å². The Bertz CT molecular complexity index is 619. The molecule has 2 nitrogen and oxygen atoms in total. The number of alkyl halides is 3. The van der Waals surface area contributed by atoms with Crippen LogP contribution in [0.25, 0.3) is 11.3 Å². The average Bonchev–Trinajstić information content (AvgIpc) is 2.69. The molecule has 1 heterocycles. The highest BCUT2D eigenvalue weighted by atomic mass is 32.1. The van der Waals surface area contributed by atoms with Crippen LogP contribution in [0.4, 0.5) is 22.6 Å². The predicted octanol–water partition coefficient (Wildman–Crippen LogP) is 4.50. The van der Waals surface area contributed by atoms with Gasteiger partial charge >= 0.3 is 6.18 Å². The van der Waals surface area contributed by atoms with Crippen molar-refractivity contribution in [2.24, 2.45) is 0 Å². The molecule has 7 heteroatoms. The summed E-state index contributed by atoms with van der Waals surface area (Å²) in [6.45, 7) is 1.94. The summed E-state index contributed by atoms with van der Waals surface area (Å²) < 4.78 is 52.0. The maximum atomic E-state index is 13.1. The van der Waals surface area contributed by atoms with Crippen molar-refractivity contribution in [1.82, 2.24) is 4.98 Å². The SMILES string of the molecule is CCCc1nc(-c2ccc(F)cc2C(F)(F)F)c(N)s1. The summed E-state index contributed by atoms with van der Waals surface area (Å²) in [7, 11) is 0. The molecule has 0 aliphatic heterocycles. The molecule has 0 amide bonds. The second kappa shape index (κ2) is 5.40. The van der Waals surface area contributed by atoms with Crippen molar-refractivity contribution in [2.75, 3.05) is 5.73 Å². The number of benzene rings is 1. The van der Waals surface area contributed by atoms with Crippen molar-refractivity contribution in [3.05, 3.63) is 34.6 Å². The molecule has 0 unspecified atom stereocenters. The lowest BCUT2D eigenvalue weighted by Gasteiger charge is -2.11.